The highest BCUT2D eigenvalue weighted by Gasteiger charge is 2.55. The molecule has 1 fully saturated rings. The van der Waals surface area contributed by atoms with Gasteiger partial charge in [-0.2, -0.15) is 0 Å². The van der Waals surface area contributed by atoms with Gasteiger partial charge in [0.25, 0.3) is 0 Å². The van der Waals surface area contributed by atoms with E-state index in [4.69, 9.17) is 52.1 Å². The molecule has 1 aliphatic rings. The summed E-state index contributed by atoms with van der Waals surface area (Å²) in [7, 11) is 0. The van der Waals surface area contributed by atoms with Crippen LogP contribution in [-0.4, -0.2) is 156 Å². The Labute approximate surface area is 420 Å². The van der Waals surface area contributed by atoms with E-state index < -0.39 is 156 Å². The minimum Gasteiger partial charge on any atom is -0.461 e. The van der Waals surface area contributed by atoms with Crippen LogP contribution in [0, 0.1) is 0 Å². The lowest BCUT2D eigenvalue weighted by atomic mass is 9.97. The third-order valence-electron chi connectivity index (χ3n) is 8.40. The molecule has 1 aliphatic heterocycles. The van der Waals surface area contributed by atoms with Crippen LogP contribution in [0.4, 0.5) is 24.0 Å². The number of nitrogens with one attached hydrogen (secondary N) is 5. The van der Waals surface area contributed by atoms with E-state index in [-0.39, 0.29) is 0 Å². The van der Waals surface area contributed by atoms with Crippen LogP contribution < -0.4 is 26.6 Å². The fraction of sp³-hybridized carbons (Fsp3) is 0.783. The second kappa shape index (κ2) is 25.9. The maximum Gasteiger partial charge on any atom is 0.408 e. The zero-order valence-corrected chi connectivity index (χ0v) is 45.1. The Morgan fingerprint density at radius 3 is 0.875 bits per heavy atom. The predicted molar refractivity (Wildman–Crippen MR) is 250 cm³/mol. The second-order valence-electron chi connectivity index (χ2n) is 21.7. The standard InChI is InChI=1S/C46H77N5O21/c1-22(47-37(57)68-42(6,7)8)31(52)62-21-27-28(64-32(53)23(2)48-38(58)69-43(9,10)11)29(65-33(54)24(3)49-39(59)70-44(12,13)14)30(66-34(55)25(4)50-40(60)71-45(15,16)17)36(63-27)67-35(56)26(5)51-41(61)72-46(18,19)20/h22-30,36H,21H2,1-20H3,(H,47,57)(H,48,58)(H,49,59)(H,50,60)(H,51,61)/t22-,23-,24-,25-,26-,27?,28+,29?,30?,36-/m1/s1. The minimum atomic E-state index is -2.24. The average molecular weight is 1040 g/mol. The van der Waals surface area contributed by atoms with E-state index >= 15 is 0 Å². The van der Waals surface area contributed by atoms with E-state index in [0.29, 0.717) is 0 Å². The maximum atomic E-state index is 14.1. The Morgan fingerprint density at radius 2 is 0.597 bits per heavy atom. The van der Waals surface area contributed by atoms with E-state index in [1.165, 1.54) is 34.6 Å². The number of carbonyl (C=O) groups excluding carboxylic acids is 10. The zero-order valence-electron chi connectivity index (χ0n) is 45.1. The summed E-state index contributed by atoms with van der Waals surface area (Å²) in [5.74, 6) is -6.31. The van der Waals surface area contributed by atoms with Crippen LogP contribution in [0.3, 0.4) is 0 Å². The van der Waals surface area contributed by atoms with Gasteiger partial charge in [0.1, 0.15) is 70.9 Å². The van der Waals surface area contributed by atoms with Crippen molar-refractivity contribution >= 4 is 60.3 Å². The zero-order chi connectivity index (χ0) is 56.1. The molecule has 0 aliphatic carbocycles. The van der Waals surface area contributed by atoms with Gasteiger partial charge in [-0.1, -0.05) is 0 Å². The molecule has 1 saturated heterocycles. The van der Waals surface area contributed by atoms with Crippen molar-refractivity contribution in [2.75, 3.05) is 6.61 Å². The fourth-order valence-electron chi connectivity index (χ4n) is 5.44. The molecule has 0 aromatic rings. The molecule has 0 spiro atoms. The lowest BCUT2D eigenvalue weighted by Gasteiger charge is -2.44. The molecule has 3 unspecified atom stereocenters. The van der Waals surface area contributed by atoms with E-state index in [9.17, 15) is 47.9 Å². The monoisotopic (exact) mass is 1040 g/mol. The highest BCUT2D eigenvalue weighted by molar-refractivity contribution is 5.84. The molecule has 26 nitrogen and oxygen atoms in total. The third kappa shape index (κ3) is 25.2. The first-order valence-electron chi connectivity index (χ1n) is 23.1. The van der Waals surface area contributed by atoms with Crippen LogP contribution in [0.5, 0.6) is 0 Å². The van der Waals surface area contributed by atoms with E-state index in [0.717, 1.165) is 0 Å². The number of carbonyl (C=O) groups is 10. The summed E-state index contributed by atoms with van der Waals surface area (Å²) in [6, 6.07) is -7.68. The summed E-state index contributed by atoms with van der Waals surface area (Å²) in [6.45, 7) is 28.4. The number of hydrogen-bond donors (Lipinski definition) is 5. The number of esters is 5. The molecule has 72 heavy (non-hydrogen) atoms. The summed E-state index contributed by atoms with van der Waals surface area (Å²) in [5, 5.41) is 11.4. The van der Waals surface area contributed by atoms with Gasteiger partial charge in [-0.05, 0) is 138 Å². The van der Waals surface area contributed by atoms with Gasteiger partial charge >= 0.3 is 60.3 Å². The third-order valence-corrected chi connectivity index (χ3v) is 8.40. The molecule has 0 saturated carbocycles. The first-order chi connectivity index (χ1) is 32.5. The van der Waals surface area contributed by atoms with Crippen molar-refractivity contribution in [2.45, 2.75) is 227 Å². The number of amides is 5. The Hall–Kier alpha value is -6.34. The summed E-state index contributed by atoms with van der Waals surface area (Å²) >= 11 is 0. The van der Waals surface area contributed by atoms with Crippen molar-refractivity contribution in [1.29, 1.82) is 0 Å². The van der Waals surface area contributed by atoms with Crippen LogP contribution in [0.2, 0.25) is 0 Å². The smallest absolute Gasteiger partial charge is 0.408 e. The molecule has 5 amide bonds. The summed E-state index contributed by atoms with van der Waals surface area (Å²) in [6.07, 6.45) is -15.8. The Bertz CT molecular complexity index is 1940. The Balaban J connectivity index is 4.13. The maximum absolute atomic E-state index is 14.1. The molecule has 26 heteroatoms. The first kappa shape index (κ1) is 63.7. The Morgan fingerprint density at radius 1 is 0.361 bits per heavy atom. The Kier molecular flexibility index (Phi) is 22.9. The quantitative estimate of drug-likeness (QED) is 0.107. The van der Waals surface area contributed by atoms with Crippen LogP contribution in [0.1, 0.15) is 138 Å². The molecule has 1 rings (SSSR count). The molecule has 5 N–H and O–H groups in total. The lowest BCUT2D eigenvalue weighted by molar-refractivity contribution is -0.302. The van der Waals surface area contributed by atoms with E-state index in [2.05, 4.69) is 26.6 Å². The minimum absolute atomic E-state index is 0.960. The summed E-state index contributed by atoms with van der Waals surface area (Å²) in [4.78, 5) is 133. The van der Waals surface area contributed by atoms with Gasteiger partial charge < -0.3 is 78.7 Å². The highest BCUT2D eigenvalue weighted by atomic mass is 16.8. The van der Waals surface area contributed by atoms with Gasteiger partial charge in [-0.3, -0.25) is 0 Å². The van der Waals surface area contributed by atoms with Crippen LogP contribution in [-0.2, 0) is 76.1 Å². The second-order valence-corrected chi connectivity index (χ2v) is 21.7. The SMILES string of the molecule is C[C@@H](NC(=O)OC(C)(C)C)C(=O)OCC1O[C@H](OC(=O)[C@@H](C)NC(=O)OC(C)(C)C)C(OC(=O)[C@@H](C)NC(=O)OC(C)(C)C)C(OC(=O)[C@@H](C)NC(=O)OC(C)(C)C)[C@H]1OC(=O)[C@@H](C)NC(=O)OC(C)(C)C. The highest BCUT2D eigenvalue weighted by Crippen LogP contribution is 2.31. The first-order valence-corrected chi connectivity index (χ1v) is 23.1. The lowest BCUT2D eigenvalue weighted by Crippen LogP contribution is -2.65. The predicted octanol–water partition coefficient (Wildman–Crippen LogP) is 4.10. The van der Waals surface area contributed by atoms with Crippen molar-refractivity contribution in [2.24, 2.45) is 0 Å². The van der Waals surface area contributed by atoms with E-state index in [1.807, 2.05) is 0 Å². The molecule has 1 heterocycles. The van der Waals surface area contributed by atoms with Crippen LogP contribution >= 0.6 is 0 Å². The van der Waals surface area contributed by atoms with Crippen molar-refractivity contribution in [3.05, 3.63) is 0 Å². The average Bonchev–Trinajstić information content (AvgIpc) is 3.14. The van der Waals surface area contributed by atoms with Crippen LogP contribution in [0.25, 0.3) is 0 Å². The van der Waals surface area contributed by atoms with Gasteiger partial charge in [-0.25, -0.2) is 47.9 Å². The molecule has 0 aromatic heterocycles. The molecule has 0 bridgehead atoms. The van der Waals surface area contributed by atoms with Crippen LogP contribution in [0.15, 0.2) is 0 Å². The molecular weight excluding hydrogens is 959 g/mol. The van der Waals surface area contributed by atoms with Crippen molar-refractivity contribution < 1.29 is 100 Å². The van der Waals surface area contributed by atoms with Gasteiger partial charge in [-0.15, -0.1) is 0 Å². The number of alkyl carbamates (subject to hydrolysis) is 5. The summed E-state index contributed by atoms with van der Waals surface area (Å²) in [5.41, 5.74) is -5.03. The molecule has 0 aromatic carbocycles. The number of rotatable bonds is 16. The number of ether oxygens (including phenoxy) is 11. The molecule has 412 valence electrons. The van der Waals surface area contributed by atoms with E-state index in [1.54, 1.807) is 104 Å². The van der Waals surface area contributed by atoms with Crippen molar-refractivity contribution in [3.8, 4) is 0 Å². The molecular formula is C46H77N5O21. The fourth-order valence-corrected chi connectivity index (χ4v) is 5.44. The molecule has 0 radical (unpaired) electrons. The molecule has 10 atom stereocenters. The topological polar surface area (TPSA) is 332 Å². The van der Waals surface area contributed by atoms with Gasteiger partial charge in [0.15, 0.2) is 12.2 Å². The largest absolute Gasteiger partial charge is 0.461 e. The van der Waals surface area contributed by atoms with Gasteiger partial charge in [0, 0.05) is 0 Å². The number of hydrogen-bond acceptors (Lipinski definition) is 21. The normalized spacial score (nSPS) is 20.4. The summed E-state index contributed by atoms with van der Waals surface area (Å²) < 4.78 is 61.0. The van der Waals surface area contributed by atoms with Crippen molar-refractivity contribution in [1.82, 2.24) is 26.6 Å². The van der Waals surface area contributed by atoms with Gasteiger partial charge in [0.05, 0.1) is 0 Å². The van der Waals surface area contributed by atoms with Crippen molar-refractivity contribution in [3.63, 3.8) is 0 Å². The van der Waals surface area contributed by atoms with Gasteiger partial charge in [0.2, 0.25) is 12.4 Å².